The molecule has 4 heteroatoms. The van der Waals surface area contributed by atoms with Gasteiger partial charge in [0, 0.05) is 13.7 Å². The fraction of sp³-hybridized carbons (Fsp3) is 0.917. The van der Waals surface area contributed by atoms with Crippen LogP contribution < -0.4 is 10.6 Å². The third-order valence-electron chi connectivity index (χ3n) is 3.33. The molecule has 3 atom stereocenters. The number of carbonyl (C=O) groups is 1. The fourth-order valence-corrected chi connectivity index (χ4v) is 2.03. The van der Waals surface area contributed by atoms with Gasteiger partial charge in [0.2, 0.25) is 5.91 Å². The zero-order valence-corrected chi connectivity index (χ0v) is 10.7. The van der Waals surface area contributed by atoms with Gasteiger partial charge in [-0.25, -0.2) is 0 Å². The Morgan fingerprint density at radius 1 is 1.50 bits per heavy atom. The molecule has 0 spiro atoms. The van der Waals surface area contributed by atoms with Gasteiger partial charge in [0.1, 0.15) is 0 Å². The van der Waals surface area contributed by atoms with E-state index in [1.807, 2.05) is 0 Å². The number of hydrogen-bond acceptors (Lipinski definition) is 3. The van der Waals surface area contributed by atoms with E-state index >= 15 is 0 Å². The number of methoxy groups -OCH3 is 1. The summed E-state index contributed by atoms with van der Waals surface area (Å²) in [5.74, 6) is 1.09. The summed E-state index contributed by atoms with van der Waals surface area (Å²) >= 11 is 0. The molecule has 0 aliphatic carbocycles. The molecule has 1 amide bonds. The van der Waals surface area contributed by atoms with E-state index in [1.165, 1.54) is 0 Å². The van der Waals surface area contributed by atoms with E-state index in [-0.39, 0.29) is 17.9 Å². The summed E-state index contributed by atoms with van der Waals surface area (Å²) in [5.41, 5.74) is 0. The third-order valence-corrected chi connectivity index (χ3v) is 3.33. The summed E-state index contributed by atoms with van der Waals surface area (Å²) in [5, 5.41) is 6.33. The number of carbonyl (C=O) groups excluding carboxylic acids is 1. The first-order valence-corrected chi connectivity index (χ1v) is 6.06. The second kappa shape index (κ2) is 6.21. The van der Waals surface area contributed by atoms with Gasteiger partial charge >= 0.3 is 0 Å². The zero-order valence-electron chi connectivity index (χ0n) is 10.7. The minimum Gasteiger partial charge on any atom is -0.383 e. The molecular formula is C12H24N2O2. The normalized spacial score (nSPS) is 27.1. The van der Waals surface area contributed by atoms with Crippen molar-refractivity contribution in [3.05, 3.63) is 0 Å². The van der Waals surface area contributed by atoms with Gasteiger partial charge < -0.3 is 15.4 Å². The van der Waals surface area contributed by atoms with Crippen LogP contribution in [0.4, 0.5) is 0 Å². The van der Waals surface area contributed by atoms with Crippen molar-refractivity contribution in [1.82, 2.24) is 10.6 Å². The monoisotopic (exact) mass is 228 g/mol. The number of rotatable bonds is 5. The van der Waals surface area contributed by atoms with Crippen LogP contribution >= 0.6 is 0 Å². The average molecular weight is 228 g/mol. The molecule has 0 radical (unpaired) electrons. The van der Waals surface area contributed by atoms with Crippen molar-refractivity contribution in [2.45, 2.75) is 26.8 Å². The predicted molar refractivity (Wildman–Crippen MR) is 64.2 cm³/mol. The van der Waals surface area contributed by atoms with Crippen LogP contribution in [0.1, 0.15) is 20.8 Å². The van der Waals surface area contributed by atoms with Gasteiger partial charge in [-0.15, -0.1) is 0 Å². The maximum atomic E-state index is 12.0. The Morgan fingerprint density at radius 3 is 2.62 bits per heavy atom. The molecule has 2 N–H and O–H groups in total. The number of amides is 1. The molecule has 1 aliphatic heterocycles. The van der Waals surface area contributed by atoms with Crippen molar-refractivity contribution >= 4 is 5.91 Å². The highest BCUT2D eigenvalue weighted by atomic mass is 16.5. The van der Waals surface area contributed by atoms with Gasteiger partial charge in [0.05, 0.1) is 18.6 Å². The Bertz CT molecular complexity index is 231. The van der Waals surface area contributed by atoms with Gasteiger partial charge in [-0.1, -0.05) is 20.8 Å². The predicted octanol–water partition coefficient (Wildman–Crippen LogP) is 0.629. The molecule has 4 nitrogen and oxygen atoms in total. The maximum Gasteiger partial charge on any atom is 0.225 e. The molecule has 0 aromatic rings. The van der Waals surface area contributed by atoms with E-state index in [1.54, 1.807) is 7.11 Å². The zero-order chi connectivity index (χ0) is 12.1. The largest absolute Gasteiger partial charge is 0.383 e. The highest BCUT2D eigenvalue weighted by Gasteiger charge is 2.31. The summed E-state index contributed by atoms with van der Waals surface area (Å²) in [6, 6.07) is 0.116. The first-order valence-electron chi connectivity index (χ1n) is 6.06. The Morgan fingerprint density at radius 2 is 2.19 bits per heavy atom. The van der Waals surface area contributed by atoms with Crippen molar-refractivity contribution in [2.24, 2.45) is 17.8 Å². The molecule has 1 rings (SSSR count). The number of hydrogen-bond donors (Lipinski definition) is 2. The molecule has 1 heterocycles. The van der Waals surface area contributed by atoms with Gasteiger partial charge in [-0.3, -0.25) is 4.79 Å². The lowest BCUT2D eigenvalue weighted by molar-refractivity contribution is -0.126. The van der Waals surface area contributed by atoms with E-state index in [0.29, 0.717) is 18.4 Å². The highest BCUT2D eigenvalue weighted by Crippen LogP contribution is 2.16. The Balaban J connectivity index is 2.47. The molecule has 0 aromatic carbocycles. The van der Waals surface area contributed by atoms with Crippen LogP contribution in [-0.2, 0) is 9.53 Å². The minimum atomic E-state index is 0.109. The van der Waals surface area contributed by atoms with Gasteiger partial charge in [0.15, 0.2) is 0 Å². The van der Waals surface area contributed by atoms with Crippen LogP contribution in [0.5, 0.6) is 0 Å². The summed E-state index contributed by atoms with van der Waals surface area (Å²) in [6.45, 7) is 8.63. The van der Waals surface area contributed by atoms with E-state index in [2.05, 4.69) is 31.4 Å². The van der Waals surface area contributed by atoms with Crippen molar-refractivity contribution in [3.8, 4) is 0 Å². The van der Waals surface area contributed by atoms with Crippen molar-refractivity contribution < 1.29 is 9.53 Å². The molecular weight excluding hydrogens is 204 g/mol. The lowest BCUT2D eigenvalue weighted by Crippen LogP contribution is -2.45. The quantitative estimate of drug-likeness (QED) is 0.725. The molecule has 0 saturated carbocycles. The maximum absolute atomic E-state index is 12.0. The summed E-state index contributed by atoms with van der Waals surface area (Å²) in [4.78, 5) is 12.0. The Labute approximate surface area is 98.1 Å². The Hall–Kier alpha value is -0.610. The lowest BCUT2D eigenvalue weighted by Gasteiger charge is -2.24. The van der Waals surface area contributed by atoms with Gasteiger partial charge in [0.25, 0.3) is 0 Å². The van der Waals surface area contributed by atoms with E-state index in [9.17, 15) is 4.79 Å². The van der Waals surface area contributed by atoms with Crippen LogP contribution in [0.2, 0.25) is 0 Å². The average Bonchev–Trinajstić information content (AvgIpc) is 2.63. The van der Waals surface area contributed by atoms with Crippen molar-refractivity contribution in [3.63, 3.8) is 0 Å². The summed E-state index contributed by atoms with van der Waals surface area (Å²) in [7, 11) is 1.67. The van der Waals surface area contributed by atoms with Crippen LogP contribution in [0.25, 0.3) is 0 Å². The fourth-order valence-electron chi connectivity index (χ4n) is 2.03. The molecule has 16 heavy (non-hydrogen) atoms. The topological polar surface area (TPSA) is 50.4 Å². The van der Waals surface area contributed by atoms with Crippen LogP contribution in [0.15, 0.2) is 0 Å². The standard InChI is InChI=1S/C12H24N2O2/c1-8(2)11(7-16-4)14-12(15)10-6-13-5-9(10)3/h8-11,13H,5-7H2,1-4H3,(H,14,15). The number of ether oxygens (including phenoxy) is 1. The smallest absolute Gasteiger partial charge is 0.225 e. The lowest BCUT2D eigenvalue weighted by atomic mass is 9.96. The van der Waals surface area contributed by atoms with Crippen molar-refractivity contribution in [2.75, 3.05) is 26.8 Å². The molecule has 1 aliphatic rings. The van der Waals surface area contributed by atoms with Crippen LogP contribution in [-0.4, -0.2) is 38.8 Å². The third kappa shape index (κ3) is 3.46. The molecule has 1 fully saturated rings. The van der Waals surface area contributed by atoms with E-state index < -0.39 is 0 Å². The first-order chi connectivity index (χ1) is 7.56. The minimum absolute atomic E-state index is 0.109. The van der Waals surface area contributed by atoms with E-state index in [0.717, 1.165) is 13.1 Å². The van der Waals surface area contributed by atoms with Crippen LogP contribution in [0.3, 0.4) is 0 Å². The highest BCUT2D eigenvalue weighted by molar-refractivity contribution is 5.79. The SMILES string of the molecule is COCC(NC(=O)C1CNCC1C)C(C)C. The molecule has 0 aromatic heterocycles. The van der Waals surface area contributed by atoms with E-state index in [4.69, 9.17) is 4.74 Å². The second-order valence-corrected chi connectivity index (χ2v) is 5.06. The molecule has 94 valence electrons. The first kappa shape index (κ1) is 13.5. The van der Waals surface area contributed by atoms with Gasteiger partial charge in [-0.2, -0.15) is 0 Å². The number of nitrogens with one attached hydrogen (secondary N) is 2. The molecule has 1 saturated heterocycles. The van der Waals surface area contributed by atoms with Gasteiger partial charge in [-0.05, 0) is 18.4 Å². The second-order valence-electron chi connectivity index (χ2n) is 5.06. The summed E-state index contributed by atoms with van der Waals surface area (Å²) in [6.07, 6.45) is 0. The Kier molecular flexibility index (Phi) is 5.22. The van der Waals surface area contributed by atoms with Crippen LogP contribution in [0, 0.1) is 17.8 Å². The van der Waals surface area contributed by atoms with Crippen molar-refractivity contribution in [1.29, 1.82) is 0 Å². The molecule has 0 bridgehead atoms. The summed E-state index contributed by atoms with van der Waals surface area (Å²) < 4.78 is 5.13. The molecule has 3 unspecified atom stereocenters.